The van der Waals surface area contributed by atoms with Crippen LogP contribution < -0.4 is 5.32 Å². The van der Waals surface area contributed by atoms with Crippen molar-refractivity contribution in [3.8, 4) is 0 Å². The van der Waals surface area contributed by atoms with Crippen LogP contribution in [0, 0.1) is 0 Å². The fraction of sp³-hybridized carbons (Fsp3) is 0.892. The van der Waals surface area contributed by atoms with Gasteiger partial charge in [0.1, 0.15) is 48.8 Å². The maximum atomic E-state index is 13.3. The number of unbranched alkanes of at least 4 members (excludes halogenated alkanes) is 36. The highest BCUT2D eigenvalue weighted by molar-refractivity contribution is 5.76. The van der Waals surface area contributed by atoms with Crippen LogP contribution in [-0.2, 0) is 23.7 Å². The van der Waals surface area contributed by atoms with E-state index in [-0.39, 0.29) is 18.9 Å². The van der Waals surface area contributed by atoms with Crippen LogP contribution in [0.25, 0.3) is 0 Å². The van der Waals surface area contributed by atoms with Crippen molar-refractivity contribution in [3.63, 3.8) is 0 Å². The van der Waals surface area contributed by atoms with E-state index in [9.17, 15) is 45.6 Å². The zero-order valence-corrected chi connectivity index (χ0v) is 50.1. The molecule has 0 saturated carbocycles. The van der Waals surface area contributed by atoms with Crippen molar-refractivity contribution < 1.29 is 64.6 Å². The van der Waals surface area contributed by atoms with Gasteiger partial charge in [-0.05, 0) is 51.4 Å². The molecule has 2 aliphatic rings. The van der Waals surface area contributed by atoms with E-state index in [1.54, 1.807) is 6.08 Å². The Kier molecular flexibility index (Phi) is 47.0. The monoisotopic (exact) mass is 1120 g/mol. The molecule has 2 saturated heterocycles. The largest absolute Gasteiger partial charge is 0.394 e. The van der Waals surface area contributed by atoms with Gasteiger partial charge >= 0.3 is 0 Å². The molecule has 14 nitrogen and oxygen atoms in total. The lowest BCUT2D eigenvalue weighted by atomic mass is 9.97. The Hall–Kier alpha value is -1.79. The van der Waals surface area contributed by atoms with Crippen LogP contribution >= 0.6 is 0 Å². The Labute approximate surface area is 481 Å². The minimum atomic E-state index is -1.79. The van der Waals surface area contributed by atoms with E-state index in [1.807, 2.05) is 6.08 Å². The van der Waals surface area contributed by atoms with Gasteiger partial charge in [-0.25, -0.2) is 0 Å². The zero-order chi connectivity index (χ0) is 57.4. The molecule has 1 amide bonds. The summed E-state index contributed by atoms with van der Waals surface area (Å²) in [7, 11) is 0. The average Bonchev–Trinajstić information content (AvgIpc) is 3.48. The second kappa shape index (κ2) is 50.7. The van der Waals surface area contributed by atoms with E-state index in [0.717, 1.165) is 44.9 Å². The summed E-state index contributed by atoms with van der Waals surface area (Å²) in [4.78, 5) is 13.3. The van der Waals surface area contributed by atoms with Crippen molar-refractivity contribution in [2.24, 2.45) is 0 Å². The summed E-state index contributed by atoms with van der Waals surface area (Å²) >= 11 is 0. The molecule has 2 aliphatic heterocycles. The Morgan fingerprint density at radius 3 is 1.27 bits per heavy atom. The molecule has 0 spiro atoms. The lowest BCUT2D eigenvalue weighted by Crippen LogP contribution is -2.65. The van der Waals surface area contributed by atoms with Crippen molar-refractivity contribution in [2.45, 2.75) is 351 Å². The number of hydrogen-bond donors (Lipinski definition) is 9. The summed E-state index contributed by atoms with van der Waals surface area (Å²) in [6.45, 7) is 2.81. The first-order valence-electron chi connectivity index (χ1n) is 32.7. The first kappa shape index (κ1) is 73.3. The number of rotatable bonds is 53. The van der Waals surface area contributed by atoms with Gasteiger partial charge in [0, 0.05) is 6.42 Å². The van der Waals surface area contributed by atoms with Crippen molar-refractivity contribution in [1.82, 2.24) is 5.32 Å². The molecule has 464 valence electrons. The summed E-state index contributed by atoms with van der Waals surface area (Å²) in [5.74, 6) is -0.236. The summed E-state index contributed by atoms with van der Waals surface area (Å²) < 4.78 is 22.8. The number of aliphatic hydroxyl groups is 8. The fourth-order valence-corrected chi connectivity index (χ4v) is 10.8. The van der Waals surface area contributed by atoms with Gasteiger partial charge in [-0.15, -0.1) is 0 Å². The molecule has 79 heavy (non-hydrogen) atoms. The van der Waals surface area contributed by atoms with Gasteiger partial charge in [0.25, 0.3) is 0 Å². The molecule has 0 aromatic heterocycles. The van der Waals surface area contributed by atoms with Gasteiger partial charge in [0.05, 0.1) is 32.0 Å². The van der Waals surface area contributed by atoms with Crippen LogP contribution in [0.2, 0.25) is 0 Å². The summed E-state index contributed by atoms with van der Waals surface area (Å²) in [5.41, 5.74) is 0. The maximum Gasteiger partial charge on any atom is 0.220 e. The molecule has 2 heterocycles. The average molecular weight is 1120 g/mol. The van der Waals surface area contributed by atoms with Crippen molar-refractivity contribution in [2.75, 3.05) is 19.8 Å². The number of carbonyl (C=O) groups excluding carboxylic acids is 1. The standard InChI is InChI=1S/C65H121NO13/c1-3-5-7-9-11-13-15-17-19-21-22-23-24-25-26-27-28-29-30-31-32-33-35-37-39-41-43-45-47-49-57(70)66-53(54(69)48-46-44-42-40-38-36-34-20-18-16-14-12-10-8-6-4-2)52-76-64-62(75)60(73)63(56(51-68)78-64)79-65-61(74)59(72)58(71)55(50-67)77-65/h15,17,21-22,46,48,53-56,58-65,67-69,71-75H,3-14,16,18-20,23-45,47,49-52H2,1-2H3,(H,66,70)/b17-15-,22-21-,48-46+. The van der Waals surface area contributed by atoms with Crippen LogP contribution in [0.5, 0.6) is 0 Å². The van der Waals surface area contributed by atoms with E-state index in [2.05, 4.69) is 43.5 Å². The van der Waals surface area contributed by atoms with Crippen LogP contribution in [0.3, 0.4) is 0 Å². The number of nitrogens with one attached hydrogen (secondary N) is 1. The highest BCUT2D eigenvalue weighted by atomic mass is 16.7. The van der Waals surface area contributed by atoms with Gasteiger partial charge in [0.2, 0.25) is 5.91 Å². The van der Waals surface area contributed by atoms with Crippen molar-refractivity contribution >= 4 is 5.91 Å². The first-order valence-corrected chi connectivity index (χ1v) is 32.7. The topological polar surface area (TPSA) is 228 Å². The minimum absolute atomic E-state index is 0.236. The summed E-state index contributed by atoms with van der Waals surface area (Å²) in [6, 6.07) is -0.913. The quantitative estimate of drug-likeness (QED) is 0.0204. The third-order valence-corrected chi connectivity index (χ3v) is 16.1. The van der Waals surface area contributed by atoms with Crippen molar-refractivity contribution in [3.05, 3.63) is 36.5 Å². The number of ether oxygens (including phenoxy) is 4. The highest BCUT2D eigenvalue weighted by Gasteiger charge is 2.51. The molecule has 0 radical (unpaired) electrons. The third kappa shape index (κ3) is 35.8. The zero-order valence-electron chi connectivity index (χ0n) is 50.1. The maximum absolute atomic E-state index is 13.3. The number of hydrogen-bond acceptors (Lipinski definition) is 13. The predicted molar refractivity (Wildman–Crippen MR) is 318 cm³/mol. The molecule has 0 bridgehead atoms. The lowest BCUT2D eigenvalue weighted by Gasteiger charge is -2.46. The van der Waals surface area contributed by atoms with Gasteiger partial charge in [-0.3, -0.25) is 4.79 Å². The van der Waals surface area contributed by atoms with Gasteiger partial charge in [-0.1, -0.05) is 256 Å². The van der Waals surface area contributed by atoms with E-state index in [1.165, 1.54) is 205 Å². The highest BCUT2D eigenvalue weighted by Crippen LogP contribution is 2.30. The molecule has 12 unspecified atom stereocenters. The molecular weight excluding hydrogens is 1000 g/mol. The number of carbonyl (C=O) groups is 1. The summed E-state index contributed by atoms with van der Waals surface area (Å²) in [6.07, 6.45) is 46.2. The molecule has 0 aliphatic carbocycles. The SMILES string of the molecule is CCCCCCC/C=C\C/C=C\CCCCCCCCCCCCCCCCCCCC(=O)NC(COC1OC(CO)C(OC2OC(CO)C(O)C(O)C2O)C(O)C1O)C(O)/C=C/CCCCCCCCCCCCCCCC. The molecule has 2 rings (SSSR count). The van der Waals surface area contributed by atoms with E-state index < -0.39 is 86.8 Å². The molecule has 9 N–H and O–H groups in total. The lowest BCUT2D eigenvalue weighted by molar-refractivity contribution is -0.359. The Morgan fingerprint density at radius 2 is 0.835 bits per heavy atom. The van der Waals surface area contributed by atoms with Crippen LogP contribution in [0.4, 0.5) is 0 Å². The van der Waals surface area contributed by atoms with Crippen LogP contribution in [0.1, 0.15) is 277 Å². The molecule has 14 heteroatoms. The second-order valence-corrected chi connectivity index (χ2v) is 23.2. The normalized spacial score (nSPS) is 24.6. The van der Waals surface area contributed by atoms with Crippen molar-refractivity contribution in [1.29, 1.82) is 0 Å². The Bertz CT molecular complexity index is 1460. The first-order chi connectivity index (χ1) is 38.6. The number of allylic oxidation sites excluding steroid dienone is 5. The molecular formula is C65H121NO13. The Morgan fingerprint density at radius 1 is 0.456 bits per heavy atom. The molecule has 0 aromatic rings. The predicted octanol–water partition coefficient (Wildman–Crippen LogP) is 12.2. The van der Waals surface area contributed by atoms with Crippen LogP contribution in [-0.4, -0.2) is 140 Å². The fourth-order valence-electron chi connectivity index (χ4n) is 10.8. The molecule has 2 fully saturated rings. The van der Waals surface area contributed by atoms with Gasteiger partial charge in [-0.2, -0.15) is 0 Å². The van der Waals surface area contributed by atoms with Gasteiger partial charge < -0.3 is 65.1 Å². The number of aliphatic hydroxyl groups excluding tert-OH is 8. The van der Waals surface area contributed by atoms with E-state index in [0.29, 0.717) is 6.42 Å². The Balaban J connectivity index is 1.68. The third-order valence-electron chi connectivity index (χ3n) is 16.1. The van der Waals surface area contributed by atoms with E-state index in [4.69, 9.17) is 18.9 Å². The van der Waals surface area contributed by atoms with Crippen LogP contribution in [0.15, 0.2) is 36.5 Å². The number of amides is 1. The van der Waals surface area contributed by atoms with E-state index >= 15 is 0 Å². The smallest absolute Gasteiger partial charge is 0.220 e. The minimum Gasteiger partial charge on any atom is -0.394 e. The molecule has 12 atom stereocenters. The van der Waals surface area contributed by atoms with Gasteiger partial charge in [0.15, 0.2) is 12.6 Å². The second-order valence-electron chi connectivity index (χ2n) is 23.2. The summed E-state index contributed by atoms with van der Waals surface area (Å²) in [5, 5.41) is 87.2. The molecule has 0 aromatic carbocycles.